The molecule has 0 aliphatic rings. The molecule has 0 aromatic carbocycles. The van der Waals surface area contributed by atoms with E-state index in [1.54, 1.807) is 13.0 Å². The largest absolute Gasteiger partial charge is 0.366 e. The summed E-state index contributed by atoms with van der Waals surface area (Å²) in [5.74, 6) is 1.24. The van der Waals surface area contributed by atoms with Crippen LogP contribution in [0.4, 0.5) is 5.82 Å². The highest BCUT2D eigenvalue weighted by Crippen LogP contribution is 2.13. The summed E-state index contributed by atoms with van der Waals surface area (Å²) in [5.41, 5.74) is 0. The Bertz CT molecular complexity index is 490. The monoisotopic (exact) mass is 277 g/mol. The predicted octanol–water partition coefficient (Wildman–Crippen LogP) is 1.54. The van der Waals surface area contributed by atoms with Crippen molar-refractivity contribution >= 4 is 27.3 Å². The molecule has 1 N–H and O–H groups in total. The molecular formula is C10H16ClN3O2S. The van der Waals surface area contributed by atoms with E-state index in [2.05, 4.69) is 15.3 Å². The Morgan fingerprint density at radius 1 is 1.47 bits per heavy atom. The molecule has 0 amide bonds. The smallest absolute Gasteiger partial charge is 0.149 e. The summed E-state index contributed by atoms with van der Waals surface area (Å²) in [6.45, 7) is 3.71. The summed E-state index contributed by atoms with van der Waals surface area (Å²) in [4.78, 5) is 8.25. The van der Waals surface area contributed by atoms with E-state index in [9.17, 15) is 8.42 Å². The number of aromatic nitrogens is 2. The lowest BCUT2D eigenvalue weighted by molar-refractivity contribution is 0.598. The molecule has 1 heterocycles. The summed E-state index contributed by atoms with van der Waals surface area (Å²) >= 11 is 5.84. The van der Waals surface area contributed by atoms with Crippen LogP contribution < -0.4 is 5.32 Å². The highest BCUT2D eigenvalue weighted by Gasteiger charge is 2.11. The van der Waals surface area contributed by atoms with Crippen molar-refractivity contribution in [3.05, 3.63) is 17.0 Å². The van der Waals surface area contributed by atoms with Crippen LogP contribution in [-0.2, 0) is 16.3 Å². The lowest BCUT2D eigenvalue weighted by Gasteiger charge is -2.13. The van der Waals surface area contributed by atoms with Gasteiger partial charge in [-0.25, -0.2) is 18.4 Å². The minimum absolute atomic E-state index is 0.0517. The van der Waals surface area contributed by atoms with Crippen LogP contribution in [0.25, 0.3) is 0 Å². The first-order chi connectivity index (χ1) is 7.80. The van der Waals surface area contributed by atoms with Crippen LogP contribution in [-0.4, -0.2) is 36.4 Å². The molecule has 5 nitrogen and oxygen atoms in total. The van der Waals surface area contributed by atoms with Crippen molar-refractivity contribution in [2.75, 3.05) is 17.3 Å². The van der Waals surface area contributed by atoms with Crippen molar-refractivity contribution in [3.8, 4) is 0 Å². The zero-order valence-electron chi connectivity index (χ0n) is 10.1. The topological polar surface area (TPSA) is 72.0 Å². The molecule has 0 bridgehead atoms. The Morgan fingerprint density at radius 3 is 2.65 bits per heavy atom. The van der Waals surface area contributed by atoms with Gasteiger partial charge >= 0.3 is 0 Å². The average Bonchev–Trinajstić information content (AvgIpc) is 2.13. The first-order valence-corrected chi connectivity index (χ1v) is 7.71. The van der Waals surface area contributed by atoms with Gasteiger partial charge in [0.25, 0.3) is 0 Å². The first kappa shape index (κ1) is 14.2. The Morgan fingerprint density at radius 2 is 2.12 bits per heavy atom. The van der Waals surface area contributed by atoms with Crippen LogP contribution >= 0.6 is 11.6 Å². The van der Waals surface area contributed by atoms with Gasteiger partial charge in [-0.1, -0.05) is 18.5 Å². The molecule has 0 aliphatic heterocycles. The Balaban J connectivity index is 2.77. The molecule has 7 heteroatoms. The maximum atomic E-state index is 11.1. The fourth-order valence-corrected chi connectivity index (χ4v) is 2.64. The Kier molecular flexibility index (Phi) is 4.70. The molecule has 1 atom stereocenters. The van der Waals surface area contributed by atoms with Gasteiger partial charge in [-0.05, 0) is 6.92 Å². The summed E-state index contributed by atoms with van der Waals surface area (Å²) in [6, 6.07) is 1.36. The fraction of sp³-hybridized carbons (Fsp3) is 0.600. The maximum Gasteiger partial charge on any atom is 0.149 e. The van der Waals surface area contributed by atoms with E-state index in [0.717, 1.165) is 0 Å². The summed E-state index contributed by atoms with van der Waals surface area (Å²) < 4.78 is 22.2. The van der Waals surface area contributed by atoms with Crippen LogP contribution in [0.2, 0.25) is 5.15 Å². The van der Waals surface area contributed by atoms with Crippen molar-refractivity contribution in [1.29, 1.82) is 0 Å². The zero-order valence-corrected chi connectivity index (χ0v) is 11.6. The molecule has 0 aliphatic carbocycles. The second kappa shape index (κ2) is 5.64. The third-order valence-electron chi connectivity index (χ3n) is 2.00. The van der Waals surface area contributed by atoms with Gasteiger partial charge in [-0.15, -0.1) is 0 Å². The van der Waals surface area contributed by atoms with Gasteiger partial charge in [0.1, 0.15) is 26.6 Å². The Hall–Kier alpha value is -0.880. The molecule has 0 saturated carbocycles. The number of halogens is 1. The van der Waals surface area contributed by atoms with Gasteiger partial charge in [-0.3, -0.25) is 0 Å². The molecule has 17 heavy (non-hydrogen) atoms. The number of nitrogens with one attached hydrogen (secondary N) is 1. The van der Waals surface area contributed by atoms with Gasteiger partial charge < -0.3 is 5.32 Å². The minimum atomic E-state index is -3.01. The maximum absolute atomic E-state index is 11.1. The molecule has 0 spiro atoms. The van der Waals surface area contributed by atoms with Crippen LogP contribution in [0.1, 0.15) is 19.7 Å². The van der Waals surface area contributed by atoms with Gasteiger partial charge in [-0.2, -0.15) is 0 Å². The lowest BCUT2D eigenvalue weighted by atomic mass is 10.4. The predicted molar refractivity (Wildman–Crippen MR) is 69.2 cm³/mol. The van der Waals surface area contributed by atoms with E-state index < -0.39 is 9.84 Å². The van der Waals surface area contributed by atoms with E-state index >= 15 is 0 Å². The molecule has 1 aromatic heterocycles. The SMILES string of the molecule is CCc1nc(Cl)cc(NC(C)CS(C)(=O)=O)n1. The number of hydrogen-bond acceptors (Lipinski definition) is 5. The number of rotatable bonds is 5. The number of aryl methyl sites for hydroxylation is 1. The Labute approximate surface area is 107 Å². The van der Waals surface area contributed by atoms with Crippen molar-refractivity contribution in [3.63, 3.8) is 0 Å². The summed E-state index contributed by atoms with van der Waals surface area (Å²) in [5, 5.41) is 3.35. The molecule has 1 aromatic rings. The van der Waals surface area contributed by atoms with Crippen molar-refractivity contribution in [2.24, 2.45) is 0 Å². The highest BCUT2D eigenvalue weighted by atomic mass is 35.5. The highest BCUT2D eigenvalue weighted by molar-refractivity contribution is 7.90. The molecular weight excluding hydrogens is 262 g/mol. The van der Waals surface area contributed by atoms with E-state index in [4.69, 9.17) is 11.6 Å². The van der Waals surface area contributed by atoms with Gasteiger partial charge in [0.2, 0.25) is 0 Å². The van der Waals surface area contributed by atoms with Crippen molar-refractivity contribution in [2.45, 2.75) is 26.3 Å². The lowest BCUT2D eigenvalue weighted by Crippen LogP contribution is -2.25. The molecule has 0 radical (unpaired) electrons. The number of hydrogen-bond donors (Lipinski definition) is 1. The van der Waals surface area contributed by atoms with E-state index in [-0.39, 0.29) is 11.8 Å². The molecule has 96 valence electrons. The van der Waals surface area contributed by atoms with Gasteiger partial charge in [0, 0.05) is 24.8 Å². The second-order valence-electron chi connectivity index (χ2n) is 3.98. The first-order valence-electron chi connectivity index (χ1n) is 5.28. The fourth-order valence-electron chi connectivity index (χ4n) is 1.44. The van der Waals surface area contributed by atoms with E-state index in [0.29, 0.717) is 23.2 Å². The third kappa shape index (κ3) is 5.32. The van der Waals surface area contributed by atoms with Crippen LogP contribution in [0.3, 0.4) is 0 Å². The van der Waals surface area contributed by atoms with Crippen LogP contribution in [0.5, 0.6) is 0 Å². The quantitative estimate of drug-likeness (QED) is 0.827. The van der Waals surface area contributed by atoms with Crippen molar-refractivity contribution in [1.82, 2.24) is 9.97 Å². The van der Waals surface area contributed by atoms with Gasteiger partial charge in [0.05, 0.1) is 5.75 Å². The number of anilines is 1. The zero-order chi connectivity index (χ0) is 13.1. The van der Waals surface area contributed by atoms with Crippen LogP contribution in [0.15, 0.2) is 6.07 Å². The van der Waals surface area contributed by atoms with Gasteiger partial charge in [0.15, 0.2) is 0 Å². The number of nitrogens with zero attached hydrogens (tertiary/aromatic N) is 2. The molecule has 0 fully saturated rings. The average molecular weight is 278 g/mol. The molecule has 1 rings (SSSR count). The van der Waals surface area contributed by atoms with E-state index in [1.165, 1.54) is 6.26 Å². The summed E-state index contributed by atoms with van der Waals surface area (Å²) in [7, 11) is -3.01. The van der Waals surface area contributed by atoms with E-state index in [1.807, 2.05) is 6.92 Å². The van der Waals surface area contributed by atoms with Crippen molar-refractivity contribution < 1.29 is 8.42 Å². The molecule has 1 unspecified atom stereocenters. The summed E-state index contributed by atoms with van der Waals surface area (Å²) in [6.07, 6.45) is 1.88. The standard InChI is InChI=1S/C10H16ClN3O2S/c1-4-9-13-8(11)5-10(14-9)12-7(2)6-17(3,15)16/h5,7H,4,6H2,1-3H3,(H,12,13,14). The minimum Gasteiger partial charge on any atom is -0.366 e. The van der Waals surface area contributed by atoms with Crippen LogP contribution in [0, 0.1) is 0 Å². The second-order valence-corrected chi connectivity index (χ2v) is 6.56. The normalized spacial score (nSPS) is 13.4. The molecule has 0 saturated heterocycles. The third-order valence-corrected chi connectivity index (χ3v) is 3.30. The number of sulfone groups is 1.